The van der Waals surface area contributed by atoms with Crippen LogP contribution in [0.3, 0.4) is 0 Å². The molecule has 0 aromatic heterocycles. The van der Waals surface area contributed by atoms with Gasteiger partial charge < -0.3 is 0 Å². The van der Waals surface area contributed by atoms with Crippen molar-refractivity contribution in [1.82, 2.24) is 0 Å². The van der Waals surface area contributed by atoms with Gasteiger partial charge in [-0.3, -0.25) is 0 Å². The Labute approximate surface area is 145 Å². The molecule has 1 heterocycles. The molecular formula is C18H15ClO2S2. The number of benzene rings is 2. The highest BCUT2D eigenvalue weighted by atomic mass is 35.5. The lowest BCUT2D eigenvalue weighted by atomic mass is 10.1. The monoisotopic (exact) mass is 362 g/mol. The normalized spacial score (nSPS) is 16.1. The van der Waals surface area contributed by atoms with Crippen LogP contribution in [0.1, 0.15) is 18.1 Å². The largest absolute Gasteiger partial charge is 0.219 e. The quantitative estimate of drug-likeness (QED) is 0.710. The van der Waals surface area contributed by atoms with Gasteiger partial charge in [0.15, 0.2) is 0 Å². The second-order valence-corrected chi connectivity index (χ2v) is 8.97. The van der Waals surface area contributed by atoms with Crippen LogP contribution in [0.4, 0.5) is 0 Å². The Kier molecular flexibility index (Phi) is 4.41. The first kappa shape index (κ1) is 16.4. The van der Waals surface area contributed by atoms with E-state index in [1.807, 2.05) is 31.2 Å². The van der Waals surface area contributed by atoms with Gasteiger partial charge in [0.05, 0.1) is 9.80 Å². The Morgan fingerprint density at radius 3 is 2.43 bits per heavy atom. The maximum absolute atomic E-state index is 12.8. The average molecular weight is 363 g/mol. The molecule has 0 aliphatic carbocycles. The van der Waals surface area contributed by atoms with Gasteiger partial charge in [-0.1, -0.05) is 47.1 Å². The lowest BCUT2D eigenvalue weighted by Crippen LogP contribution is -2.04. The number of hydrogen-bond donors (Lipinski definition) is 0. The van der Waals surface area contributed by atoms with Crippen LogP contribution in [-0.2, 0) is 9.84 Å². The molecule has 2 aromatic rings. The number of halogens is 1. The van der Waals surface area contributed by atoms with Crippen LogP contribution in [0.15, 0.2) is 68.1 Å². The summed E-state index contributed by atoms with van der Waals surface area (Å²) in [5.41, 5.74) is 2.31. The van der Waals surface area contributed by atoms with E-state index in [4.69, 9.17) is 11.6 Å². The first-order valence-electron chi connectivity index (χ1n) is 7.06. The van der Waals surface area contributed by atoms with Gasteiger partial charge in [-0.2, -0.15) is 0 Å². The van der Waals surface area contributed by atoms with E-state index in [0.717, 1.165) is 15.4 Å². The highest BCUT2D eigenvalue weighted by molar-refractivity contribution is 8.04. The van der Waals surface area contributed by atoms with Crippen molar-refractivity contribution in [1.29, 1.82) is 0 Å². The molecule has 0 N–H and O–H groups in total. The maximum Gasteiger partial charge on any atom is 0.203 e. The summed E-state index contributed by atoms with van der Waals surface area (Å²) < 4.78 is 25.5. The standard InChI is InChI=1S/C18H15ClO2S2/c1-12-3-9-18-14(11-12)4-10-17(22-18)13(2)23(20,21)16-7-5-15(19)6-8-16/h3-11H,1-2H3/b17-13+. The van der Waals surface area contributed by atoms with Crippen molar-refractivity contribution < 1.29 is 8.42 Å². The Hall–Kier alpha value is -1.49. The average Bonchev–Trinajstić information content (AvgIpc) is 2.54. The zero-order valence-electron chi connectivity index (χ0n) is 12.7. The molecule has 0 saturated carbocycles. The molecule has 0 spiro atoms. The summed E-state index contributed by atoms with van der Waals surface area (Å²) in [5.74, 6) is 0. The smallest absolute Gasteiger partial charge is 0.203 e. The molecule has 0 fully saturated rings. The second kappa shape index (κ2) is 6.19. The first-order chi connectivity index (χ1) is 10.9. The Balaban J connectivity index is 2.02. The zero-order chi connectivity index (χ0) is 16.6. The van der Waals surface area contributed by atoms with E-state index in [2.05, 4.69) is 6.07 Å². The van der Waals surface area contributed by atoms with Crippen molar-refractivity contribution in [2.24, 2.45) is 0 Å². The molecule has 1 aliphatic rings. The van der Waals surface area contributed by atoms with Crippen LogP contribution in [-0.4, -0.2) is 8.42 Å². The molecule has 5 heteroatoms. The summed E-state index contributed by atoms with van der Waals surface area (Å²) in [6.07, 6.45) is 3.84. The van der Waals surface area contributed by atoms with Crippen molar-refractivity contribution in [2.45, 2.75) is 23.6 Å². The van der Waals surface area contributed by atoms with E-state index in [9.17, 15) is 8.42 Å². The molecule has 118 valence electrons. The molecule has 2 nitrogen and oxygen atoms in total. The predicted molar refractivity (Wildman–Crippen MR) is 97.4 cm³/mol. The molecular weight excluding hydrogens is 348 g/mol. The minimum Gasteiger partial charge on any atom is -0.219 e. The lowest BCUT2D eigenvalue weighted by molar-refractivity contribution is 0.602. The van der Waals surface area contributed by atoms with Crippen LogP contribution in [0.25, 0.3) is 6.08 Å². The van der Waals surface area contributed by atoms with Crippen molar-refractivity contribution in [3.8, 4) is 0 Å². The van der Waals surface area contributed by atoms with Gasteiger partial charge in [0.2, 0.25) is 9.84 Å². The highest BCUT2D eigenvalue weighted by Gasteiger charge is 2.22. The van der Waals surface area contributed by atoms with Crippen molar-refractivity contribution >= 4 is 39.3 Å². The van der Waals surface area contributed by atoms with Crippen LogP contribution < -0.4 is 0 Å². The molecule has 0 atom stereocenters. The van der Waals surface area contributed by atoms with E-state index in [0.29, 0.717) is 9.93 Å². The number of allylic oxidation sites excluding steroid dienone is 2. The molecule has 0 unspecified atom stereocenters. The number of rotatable bonds is 2. The van der Waals surface area contributed by atoms with E-state index >= 15 is 0 Å². The summed E-state index contributed by atoms with van der Waals surface area (Å²) in [6.45, 7) is 3.69. The zero-order valence-corrected chi connectivity index (χ0v) is 15.1. The van der Waals surface area contributed by atoms with Gasteiger partial charge in [0, 0.05) is 14.8 Å². The van der Waals surface area contributed by atoms with Gasteiger partial charge >= 0.3 is 0 Å². The third-order valence-corrected chi connectivity index (χ3v) is 7.23. The summed E-state index contributed by atoms with van der Waals surface area (Å²) in [6, 6.07) is 12.4. The highest BCUT2D eigenvalue weighted by Crippen LogP contribution is 2.40. The second-order valence-electron chi connectivity index (χ2n) is 5.35. The predicted octanol–water partition coefficient (Wildman–Crippen LogP) is 5.47. The summed E-state index contributed by atoms with van der Waals surface area (Å²) in [5, 5.41) is 0.519. The van der Waals surface area contributed by atoms with Crippen LogP contribution >= 0.6 is 23.4 Å². The number of sulfone groups is 1. The fraction of sp³-hybridized carbons (Fsp3) is 0.111. The van der Waals surface area contributed by atoms with E-state index in [1.165, 1.54) is 29.5 Å². The fourth-order valence-electron chi connectivity index (χ4n) is 2.32. The minimum absolute atomic E-state index is 0.260. The van der Waals surface area contributed by atoms with Gasteiger partial charge in [-0.15, -0.1) is 0 Å². The first-order valence-corrected chi connectivity index (χ1v) is 9.74. The summed E-state index contributed by atoms with van der Waals surface area (Å²) in [4.78, 5) is 2.43. The summed E-state index contributed by atoms with van der Waals surface area (Å²) >= 11 is 7.32. The van der Waals surface area contributed by atoms with Crippen molar-refractivity contribution in [2.75, 3.05) is 0 Å². The van der Waals surface area contributed by atoms with Crippen LogP contribution in [0.5, 0.6) is 0 Å². The number of aryl methyl sites for hydroxylation is 1. The number of hydrogen-bond acceptors (Lipinski definition) is 3. The molecule has 23 heavy (non-hydrogen) atoms. The topological polar surface area (TPSA) is 34.1 Å². The van der Waals surface area contributed by atoms with Gasteiger partial charge in [0.25, 0.3) is 0 Å². The van der Waals surface area contributed by atoms with Gasteiger partial charge in [0.1, 0.15) is 0 Å². The van der Waals surface area contributed by atoms with Crippen molar-refractivity contribution in [3.63, 3.8) is 0 Å². The van der Waals surface area contributed by atoms with E-state index in [1.54, 1.807) is 19.1 Å². The lowest BCUT2D eigenvalue weighted by Gasteiger charge is -2.16. The van der Waals surface area contributed by atoms with Crippen LogP contribution in [0.2, 0.25) is 5.02 Å². The molecule has 2 aromatic carbocycles. The molecule has 0 saturated heterocycles. The molecule has 1 aliphatic heterocycles. The number of fused-ring (bicyclic) bond motifs is 1. The molecule has 0 amide bonds. The Bertz CT molecular complexity index is 924. The Morgan fingerprint density at radius 1 is 1.04 bits per heavy atom. The third-order valence-electron chi connectivity index (χ3n) is 3.67. The molecule has 0 bridgehead atoms. The SMILES string of the molecule is C/C(=C1/C=Cc2cc(C)ccc2S1)S(=O)(=O)c1ccc(Cl)cc1. The van der Waals surface area contributed by atoms with E-state index in [-0.39, 0.29) is 4.90 Å². The van der Waals surface area contributed by atoms with Gasteiger partial charge in [-0.25, -0.2) is 8.42 Å². The van der Waals surface area contributed by atoms with Gasteiger partial charge in [-0.05, 0) is 55.8 Å². The molecule has 3 rings (SSSR count). The van der Waals surface area contributed by atoms with E-state index < -0.39 is 9.84 Å². The minimum atomic E-state index is -3.52. The fourth-order valence-corrected chi connectivity index (χ4v) is 4.98. The molecule has 0 radical (unpaired) electrons. The van der Waals surface area contributed by atoms with Crippen molar-refractivity contribution in [3.05, 3.63) is 74.5 Å². The Morgan fingerprint density at radius 2 is 1.74 bits per heavy atom. The summed E-state index contributed by atoms with van der Waals surface area (Å²) in [7, 11) is -3.52. The van der Waals surface area contributed by atoms with Crippen LogP contribution in [0, 0.1) is 6.92 Å². The number of thioether (sulfide) groups is 1. The third kappa shape index (κ3) is 3.25. The maximum atomic E-state index is 12.8.